The Balaban J connectivity index is 2.11. The van der Waals surface area contributed by atoms with Crippen LogP contribution in [0.2, 0.25) is 0 Å². The Morgan fingerprint density at radius 2 is 2.00 bits per heavy atom. The normalized spacial score (nSPS) is 17.1. The molecule has 1 aromatic carbocycles. The Bertz CT molecular complexity index is 554. The minimum absolute atomic E-state index is 0.185. The average Bonchev–Trinajstić information content (AvgIpc) is 2.46. The van der Waals surface area contributed by atoms with E-state index in [4.69, 9.17) is 4.74 Å². The standard InChI is InChI=1S/C14H20BrNO3S/c1-19-13-8-7-12(15)9-14(13)20(17,18)16-10-11-5-3-2-4-6-11/h7-9,11,16H,2-6,10H2,1H3. The van der Waals surface area contributed by atoms with E-state index in [-0.39, 0.29) is 4.90 Å². The summed E-state index contributed by atoms with van der Waals surface area (Å²) in [5.74, 6) is 0.820. The summed E-state index contributed by atoms with van der Waals surface area (Å²) in [6.45, 7) is 0.512. The SMILES string of the molecule is COc1ccc(Br)cc1S(=O)(=O)NCC1CCCCC1. The van der Waals surface area contributed by atoms with Crippen molar-refractivity contribution in [2.24, 2.45) is 5.92 Å². The summed E-state index contributed by atoms with van der Waals surface area (Å²) in [5.41, 5.74) is 0. The van der Waals surface area contributed by atoms with Crippen LogP contribution < -0.4 is 9.46 Å². The van der Waals surface area contributed by atoms with Crippen molar-refractivity contribution in [1.82, 2.24) is 4.72 Å². The minimum Gasteiger partial charge on any atom is -0.495 e. The Kier molecular flexibility index (Phi) is 5.46. The highest BCUT2D eigenvalue weighted by Crippen LogP contribution is 2.28. The second-order valence-corrected chi connectivity index (χ2v) is 7.80. The highest BCUT2D eigenvalue weighted by atomic mass is 79.9. The molecule has 4 nitrogen and oxygen atoms in total. The van der Waals surface area contributed by atoms with Crippen LogP contribution in [-0.4, -0.2) is 22.1 Å². The van der Waals surface area contributed by atoms with Gasteiger partial charge in [-0.3, -0.25) is 0 Å². The summed E-state index contributed by atoms with van der Waals surface area (Å²) in [4.78, 5) is 0.185. The maximum absolute atomic E-state index is 12.4. The van der Waals surface area contributed by atoms with Crippen LogP contribution in [0.25, 0.3) is 0 Å². The second kappa shape index (κ2) is 6.91. The van der Waals surface area contributed by atoms with E-state index < -0.39 is 10.0 Å². The van der Waals surface area contributed by atoms with E-state index in [1.807, 2.05) is 0 Å². The van der Waals surface area contributed by atoms with E-state index in [1.165, 1.54) is 26.4 Å². The lowest BCUT2D eigenvalue weighted by Gasteiger charge is -2.22. The number of nitrogens with one attached hydrogen (secondary N) is 1. The Labute approximate surface area is 129 Å². The van der Waals surface area contributed by atoms with Gasteiger partial charge in [-0.25, -0.2) is 13.1 Å². The molecule has 1 aliphatic carbocycles. The fourth-order valence-corrected chi connectivity index (χ4v) is 4.38. The summed E-state index contributed by atoms with van der Waals surface area (Å²) >= 11 is 3.30. The molecular weight excluding hydrogens is 342 g/mol. The van der Waals surface area contributed by atoms with Gasteiger partial charge in [-0.1, -0.05) is 35.2 Å². The number of rotatable bonds is 5. The first-order valence-electron chi connectivity index (χ1n) is 6.86. The Hall–Kier alpha value is -0.590. The molecule has 1 aliphatic rings. The van der Waals surface area contributed by atoms with Crippen molar-refractivity contribution < 1.29 is 13.2 Å². The zero-order valence-electron chi connectivity index (χ0n) is 11.6. The molecule has 0 radical (unpaired) electrons. The number of methoxy groups -OCH3 is 1. The minimum atomic E-state index is -3.53. The highest BCUT2D eigenvalue weighted by Gasteiger charge is 2.22. The smallest absolute Gasteiger partial charge is 0.244 e. The quantitative estimate of drug-likeness (QED) is 0.874. The molecule has 1 fully saturated rings. The summed E-state index contributed by atoms with van der Waals surface area (Å²) < 4.78 is 33.4. The summed E-state index contributed by atoms with van der Waals surface area (Å²) in [6, 6.07) is 4.99. The van der Waals surface area contributed by atoms with Gasteiger partial charge in [0.05, 0.1) is 7.11 Å². The molecule has 0 bridgehead atoms. The summed E-state index contributed by atoms with van der Waals surface area (Å²) in [7, 11) is -2.05. The molecule has 0 aromatic heterocycles. The van der Waals surface area contributed by atoms with Crippen LogP contribution in [0.4, 0.5) is 0 Å². The maximum Gasteiger partial charge on any atom is 0.244 e. The number of halogens is 1. The molecule has 112 valence electrons. The summed E-state index contributed by atoms with van der Waals surface area (Å²) in [6.07, 6.45) is 5.89. The Morgan fingerprint density at radius 3 is 2.65 bits per heavy atom. The van der Waals surface area contributed by atoms with Gasteiger partial charge in [-0.05, 0) is 37.0 Å². The molecular formula is C14H20BrNO3S. The van der Waals surface area contributed by atoms with Crippen LogP contribution in [0.3, 0.4) is 0 Å². The molecule has 1 N–H and O–H groups in total. The van der Waals surface area contributed by atoms with Gasteiger partial charge in [-0.15, -0.1) is 0 Å². The average molecular weight is 362 g/mol. The molecule has 1 saturated carbocycles. The van der Waals surface area contributed by atoms with Gasteiger partial charge in [0, 0.05) is 11.0 Å². The van der Waals surface area contributed by atoms with Crippen molar-refractivity contribution in [2.45, 2.75) is 37.0 Å². The number of ether oxygens (including phenoxy) is 1. The first kappa shape index (κ1) is 15.8. The molecule has 0 amide bonds. The van der Waals surface area contributed by atoms with E-state index in [0.29, 0.717) is 18.2 Å². The first-order valence-corrected chi connectivity index (χ1v) is 9.14. The van der Waals surface area contributed by atoms with E-state index >= 15 is 0 Å². The van der Waals surface area contributed by atoms with Crippen LogP contribution in [0.15, 0.2) is 27.6 Å². The number of hydrogen-bond donors (Lipinski definition) is 1. The molecule has 0 spiro atoms. The van der Waals surface area contributed by atoms with Crippen molar-refractivity contribution in [2.75, 3.05) is 13.7 Å². The van der Waals surface area contributed by atoms with Crippen molar-refractivity contribution in [3.63, 3.8) is 0 Å². The van der Waals surface area contributed by atoms with Gasteiger partial charge >= 0.3 is 0 Å². The van der Waals surface area contributed by atoms with Crippen LogP contribution in [0.5, 0.6) is 5.75 Å². The highest BCUT2D eigenvalue weighted by molar-refractivity contribution is 9.10. The molecule has 0 aliphatic heterocycles. The van der Waals surface area contributed by atoms with Gasteiger partial charge in [0.1, 0.15) is 10.6 Å². The van der Waals surface area contributed by atoms with E-state index in [9.17, 15) is 8.42 Å². The molecule has 20 heavy (non-hydrogen) atoms. The largest absolute Gasteiger partial charge is 0.495 e. The van der Waals surface area contributed by atoms with E-state index in [0.717, 1.165) is 17.3 Å². The van der Waals surface area contributed by atoms with Crippen LogP contribution in [0, 0.1) is 5.92 Å². The zero-order valence-corrected chi connectivity index (χ0v) is 14.0. The molecule has 0 unspecified atom stereocenters. The first-order chi connectivity index (χ1) is 9.53. The van der Waals surface area contributed by atoms with Crippen molar-refractivity contribution in [3.8, 4) is 5.75 Å². The number of hydrogen-bond acceptors (Lipinski definition) is 3. The van der Waals surface area contributed by atoms with Gasteiger partial charge < -0.3 is 4.74 Å². The molecule has 2 rings (SSSR count). The van der Waals surface area contributed by atoms with Gasteiger partial charge in [0.2, 0.25) is 10.0 Å². The Morgan fingerprint density at radius 1 is 1.30 bits per heavy atom. The predicted octanol–water partition coefficient (Wildman–Crippen LogP) is 3.32. The third-order valence-corrected chi connectivity index (χ3v) is 5.64. The summed E-state index contributed by atoms with van der Waals surface area (Å²) in [5, 5.41) is 0. The molecule has 0 saturated heterocycles. The zero-order chi connectivity index (χ0) is 14.6. The third-order valence-electron chi connectivity index (χ3n) is 3.70. The molecule has 6 heteroatoms. The van der Waals surface area contributed by atoms with Gasteiger partial charge in [-0.2, -0.15) is 0 Å². The van der Waals surface area contributed by atoms with Gasteiger partial charge in [0.25, 0.3) is 0 Å². The van der Waals surface area contributed by atoms with E-state index in [2.05, 4.69) is 20.7 Å². The molecule has 0 heterocycles. The predicted molar refractivity (Wildman–Crippen MR) is 82.5 cm³/mol. The third kappa shape index (κ3) is 3.96. The maximum atomic E-state index is 12.4. The fourth-order valence-electron chi connectivity index (χ4n) is 2.56. The van der Waals surface area contributed by atoms with Crippen molar-refractivity contribution >= 4 is 26.0 Å². The molecule has 0 atom stereocenters. The van der Waals surface area contributed by atoms with Crippen LogP contribution in [0.1, 0.15) is 32.1 Å². The monoisotopic (exact) mass is 361 g/mol. The lowest BCUT2D eigenvalue weighted by Crippen LogP contribution is -2.30. The lowest BCUT2D eigenvalue weighted by atomic mass is 9.90. The van der Waals surface area contributed by atoms with E-state index in [1.54, 1.807) is 18.2 Å². The lowest BCUT2D eigenvalue weighted by molar-refractivity contribution is 0.356. The number of benzene rings is 1. The van der Waals surface area contributed by atoms with Crippen molar-refractivity contribution in [1.29, 1.82) is 0 Å². The topological polar surface area (TPSA) is 55.4 Å². The van der Waals surface area contributed by atoms with Crippen molar-refractivity contribution in [3.05, 3.63) is 22.7 Å². The molecule has 1 aromatic rings. The second-order valence-electron chi connectivity index (χ2n) is 5.15. The van der Waals surface area contributed by atoms with Crippen LogP contribution >= 0.6 is 15.9 Å². The van der Waals surface area contributed by atoms with Crippen LogP contribution in [-0.2, 0) is 10.0 Å². The van der Waals surface area contributed by atoms with Gasteiger partial charge in [0.15, 0.2) is 0 Å². The number of sulfonamides is 1. The fraction of sp³-hybridized carbons (Fsp3) is 0.571.